The first-order valence-electron chi connectivity index (χ1n) is 6.26. The molecule has 0 fully saturated rings. The molecule has 0 heterocycles. The van der Waals surface area contributed by atoms with E-state index in [1.807, 2.05) is 0 Å². The molecule has 23 heavy (non-hydrogen) atoms. The average molecular weight is 357 g/mol. The van der Waals surface area contributed by atoms with Crippen molar-refractivity contribution in [3.63, 3.8) is 0 Å². The Hall–Kier alpha value is -2.25. The zero-order chi connectivity index (χ0) is 17.6. The lowest BCUT2D eigenvalue weighted by Gasteiger charge is -2.12. The number of benzene rings is 1. The largest absolute Gasteiger partial charge is 0.496 e. The normalized spacial score (nSPS) is 11.7. The van der Waals surface area contributed by atoms with Gasteiger partial charge in [-0.25, -0.2) is 18.2 Å². The third kappa shape index (κ3) is 4.37. The fourth-order valence-corrected chi connectivity index (χ4v) is 3.03. The number of amidine groups is 1. The first kappa shape index (κ1) is 18.8. The third-order valence-electron chi connectivity index (χ3n) is 2.80. The highest BCUT2D eigenvalue weighted by Gasteiger charge is 2.23. The van der Waals surface area contributed by atoms with Crippen LogP contribution >= 0.6 is 11.8 Å². The van der Waals surface area contributed by atoms with Crippen molar-refractivity contribution in [2.24, 2.45) is 4.99 Å². The van der Waals surface area contributed by atoms with Crippen LogP contribution in [0.3, 0.4) is 0 Å². The van der Waals surface area contributed by atoms with E-state index in [4.69, 9.17) is 10.00 Å². The number of nitrogens with zero attached hydrogens (tertiary/aromatic N) is 2. The predicted octanol–water partition coefficient (Wildman–Crippen LogP) is 1.61. The highest BCUT2D eigenvalue weighted by atomic mass is 32.2. The number of rotatable bonds is 5. The third-order valence-corrected chi connectivity index (χ3v) is 5.14. The van der Waals surface area contributed by atoms with Crippen LogP contribution in [-0.2, 0) is 9.84 Å². The Morgan fingerprint density at radius 3 is 2.61 bits per heavy atom. The maximum atomic E-state index is 12.2. The molecule has 0 atom stereocenters. The number of ether oxygens (including phenoxy) is 1. The lowest BCUT2D eigenvalue weighted by Crippen LogP contribution is -2.13. The number of methoxy groups -OCH3 is 1. The number of carboxylic acids is 1. The number of carbonyl (C=O) groups is 1. The molecule has 0 amide bonds. The number of nitrogens with one attached hydrogen (secondary N) is 1. The summed E-state index contributed by atoms with van der Waals surface area (Å²) in [5, 5.41) is 20.3. The molecule has 0 aromatic heterocycles. The van der Waals surface area contributed by atoms with Gasteiger partial charge in [-0.1, -0.05) is 18.7 Å². The smallest absolute Gasteiger partial charge is 0.339 e. The standard InChI is InChI=1S/C13H15N3O5S2/c1-4-23(19,20)11-5-8(12(17)18)10(21-2)6-9(11)16-13(22-3)15-7-14/h5-6H,4H2,1-3H3,(H,15,16)(H,17,18). The van der Waals surface area contributed by atoms with Gasteiger partial charge in [0, 0.05) is 6.07 Å². The molecule has 0 radical (unpaired) electrons. The molecule has 1 aromatic rings. The van der Waals surface area contributed by atoms with E-state index >= 15 is 0 Å². The van der Waals surface area contributed by atoms with E-state index in [1.54, 1.807) is 12.4 Å². The minimum atomic E-state index is -3.72. The summed E-state index contributed by atoms with van der Waals surface area (Å²) in [5.74, 6) is -1.56. The number of hydrogen-bond acceptors (Lipinski definition) is 7. The summed E-state index contributed by atoms with van der Waals surface area (Å²) < 4.78 is 29.4. The minimum Gasteiger partial charge on any atom is -0.496 e. The highest BCUT2D eigenvalue weighted by Crippen LogP contribution is 2.33. The fourth-order valence-electron chi connectivity index (χ4n) is 1.66. The fraction of sp³-hybridized carbons (Fsp3) is 0.308. The van der Waals surface area contributed by atoms with Gasteiger partial charge in [-0.2, -0.15) is 5.26 Å². The van der Waals surface area contributed by atoms with Crippen LogP contribution in [0, 0.1) is 11.5 Å². The molecule has 8 nitrogen and oxygen atoms in total. The number of nitriles is 1. The van der Waals surface area contributed by atoms with Crippen LogP contribution in [-0.4, -0.2) is 43.8 Å². The van der Waals surface area contributed by atoms with Crippen LogP contribution in [0.5, 0.6) is 5.75 Å². The van der Waals surface area contributed by atoms with Crippen LogP contribution in [0.2, 0.25) is 0 Å². The van der Waals surface area contributed by atoms with Crippen LogP contribution in [0.4, 0.5) is 5.69 Å². The SMILES string of the molecule is CCS(=O)(=O)c1cc(C(=O)O)c(OC)cc1N=C(NC#N)SC. The molecule has 0 saturated carbocycles. The van der Waals surface area contributed by atoms with Gasteiger partial charge in [0.15, 0.2) is 21.2 Å². The van der Waals surface area contributed by atoms with Gasteiger partial charge >= 0.3 is 5.97 Å². The van der Waals surface area contributed by atoms with Gasteiger partial charge < -0.3 is 9.84 Å². The molecule has 0 spiro atoms. The molecule has 0 aliphatic carbocycles. The van der Waals surface area contributed by atoms with Gasteiger partial charge in [-0.3, -0.25) is 5.32 Å². The molecule has 0 saturated heterocycles. The summed E-state index contributed by atoms with van der Waals surface area (Å²) in [6.07, 6.45) is 3.35. The number of hydrogen-bond donors (Lipinski definition) is 2. The van der Waals surface area contributed by atoms with Crippen molar-refractivity contribution in [1.29, 1.82) is 5.26 Å². The lowest BCUT2D eigenvalue weighted by atomic mass is 10.2. The van der Waals surface area contributed by atoms with E-state index in [1.165, 1.54) is 20.1 Å². The number of aliphatic imine (C=N–C) groups is 1. The van der Waals surface area contributed by atoms with Gasteiger partial charge in [-0.05, 0) is 12.3 Å². The van der Waals surface area contributed by atoms with Crippen molar-refractivity contribution in [2.45, 2.75) is 11.8 Å². The second-order valence-corrected chi connectivity index (χ2v) is 7.13. The van der Waals surface area contributed by atoms with E-state index in [2.05, 4.69) is 10.3 Å². The van der Waals surface area contributed by atoms with E-state index < -0.39 is 15.8 Å². The maximum Gasteiger partial charge on any atom is 0.339 e. The van der Waals surface area contributed by atoms with Crippen molar-refractivity contribution in [2.75, 3.05) is 19.1 Å². The monoisotopic (exact) mass is 357 g/mol. The summed E-state index contributed by atoms with van der Waals surface area (Å²) in [7, 11) is -2.45. The van der Waals surface area contributed by atoms with Crippen molar-refractivity contribution in [1.82, 2.24) is 5.32 Å². The summed E-state index contributed by atoms with van der Waals surface area (Å²) in [6.45, 7) is 1.44. The van der Waals surface area contributed by atoms with Crippen molar-refractivity contribution in [3.8, 4) is 11.9 Å². The van der Waals surface area contributed by atoms with Crippen LogP contribution in [0.15, 0.2) is 22.0 Å². The van der Waals surface area contributed by atoms with E-state index in [-0.39, 0.29) is 32.8 Å². The van der Waals surface area contributed by atoms with Gasteiger partial charge in [0.1, 0.15) is 11.3 Å². The van der Waals surface area contributed by atoms with Gasteiger partial charge in [-0.15, -0.1) is 0 Å². The maximum absolute atomic E-state index is 12.2. The zero-order valence-electron chi connectivity index (χ0n) is 12.7. The lowest BCUT2D eigenvalue weighted by molar-refractivity contribution is 0.0693. The van der Waals surface area contributed by atoms with Crippen LogP contribution < -0.4 is 10.1 Å². The topological polar surface area (TPSA) is 129 Å². The quantitative estimate of drug-likeness (QED) is 0.352. The molecule has 2 N–H and O–H groups in total. The summed E-state index contributed by atoms with van der Waals surface area (Å²) in [5.41, 5.74) is -0.279. The van der Waals surface area contributed by atoms with Crippen LogP contribution in [0.25, 0.3) is 0 Å². The second-order valence-electron chi connectivity index (χ2n) is 4.09. The van der Waals surface area contributed by atoms with Gasteiger partial charge in [0.2, 0.25) is 0 Å². The van der Waals surface area contributed by atoms with E-state index in [9.17, 15) is 18.3 Å². The minimum absolute atomic E-state index is 0.000741. The van der Waals surface area contributed by atoms with Crippen molar-refractivity contribution >= 4 is 38.4 Å². The van der Waals surface area contributed by atoms with Gasteiger partial charge in [0.25, 0.3) is 0 Å². The number of aromatic carboxylic acids is 1. The predicted molar refractivity (Wildman–Crippen MR) is 87.0 cm³/mol. The summed E-state index contributed by atoms with van der Waals surface area (Å²) in [6, 6.07) is 2.24. The number of thioether (sulfide) groups is 1. The van der Waals surface area contributed by atoms with Crippen LogP contribution in [0.1, 0.15) is 17.3 Å². The molecule has 124 valence electrons. The van der Waals surface area contributed by atoms with Gasteiger partial charge in [0.05, 0.1) is 23.4 Å². The second kappa shape index (κ2) is 7.85. The summed E-state index contributed by atoms with van der Waals surface area (Å²) in [4.78, 5) is 15.1. The molecule has 10 heteroatoms. The first-order chi connectivity index (χ1) is 10.8. The van der Waals surface area contributed by atoms with E-state index in [0.29, 0.717) is 0 Å². The molecule has 0 aliphatic heterocycles. The van der Waals surface area contributed by atoms with Crippen molar-refractivity contribution in [3.05, 3.63) is 17.7 Å². The Morgan fingerprint density at radius 2 is 2.17 bits per heavy atom. The molecule has 0 unspecified atom stereocenters. The molecular weight excluding hydrogens is 342 g/mol. The number of sulfone groups is 1. The average Bonchev–Trinajstić information content (AvgIpc) is 2.53. The Labute approximate surface area is 138 Å². The summed E-state index contributed by atoms with van der Waals surface area (Å²) >= 11 is 1.10. The Bertz CT molecular complexity index is 782. The first-order valence-corrected chi connectivity index (χ1v) is 9.14. The Balaban J connectivity index is 3.73. The molecular formula is C13H15N3O5S2. The Kier molecular flexibility index (Phi) is 6.41. The van der Waals surface area contributed by atoms with Crippen molar-refractivity contribution < 1.29 is 23.1 Å². The molecule has 0 bridgehead atoms. The van der Waals surface area contributed by atoms with E-state index in [0.717, 1.165) is 17.8 Å². The number of carboxylic acid groups (broad SMARTS) is 1. The Morgan fingerprint density at radius 1 is 1.52 bits per heavy atom. The molecule has 1 aromatic carbocycles. The molecule has 0 aliphatic rings. The highest BCUT2D eigenvalue weighted by molar-refractivity contribution is 8.13. The molecule has 1 rings (SSSR count). The zero-order valence-corrected chi connectivity index (χ0v) is 14.3.